The highest BCUT2D eigenvalue weighted by molar-refractivity contribution is 4.73. The third kappa shape index (κ3) is 1.23. The van der Waals surface area contributed by atoms with E-state index in [1.54, 1.807) is 0 Å². The van der Waals surface area contributed by atoms with Crippen molar-refractivity contribution in [3.05, 3.63) is 0 Å². The van der Waals surface area contributed by atoms with E-state index in [4.69, 9.17) is 5.73 Å². The second-order valence-electron chi connectivity index (χ2n) is 2.52. The van der Waals surface area contributed by atoms with E-state index in [9.17, 15) is 0 Å². The third-order valence-corrected chi connectivity index (χ3v) is 1.97. The fourth-order valence-corrected chi connectivity index (χ4v) is 1.17. The van der Waals surface area contributed by atoms with Gasteiger partial charge in [-0.25, -0.2) is 0 Å². The van der Waals surface area contributed by atoms with Gasteiger partial charge in [-0.1, -0.05) is 6.92 Å². The summed E-state index contributed by atoms with van der Waals surface area (Å²) in [5.41, 5.74) is 5.78. The van der Waals surface area contributed by atoms with Crippen molar-refractivity contribution in [3.8, 4) is 0 Å². The zero-order valence-corrected chi connectivity index (χ0v) is 6.17. The Morgan fingerprint density at radius 3 is 2.44 bits per heavy atom. The van der Waals surface area contributed by atoms with Gasteiger partial charge in [0.1, 0.15) is 6.29 Å². The second-order valence-corrected chi connectivity index (χ2v) is 2.52. The first kappa shape index (κ1) is 6.99. The first-order valence-corrected chi connectivity index (χ1v) is 3.45. The molecule has 1 heterocycles. The van der Waals surface area contributed by atoms with Crippen molar-refractivity contribution in [3.63, 3.8) is 0 Å². The summed E-state index contributed by atoms with van der Waals surface area (Å²) < 4.78 is 0. The van der Waals surface area contributed by atoms with Gasteiger partial charge in [0.05, 0.1) is 0 Å². The summed E-state index contributed by atoms with van der Waals surface area (Å²) in [6, 6.07) is 0. The molecule has 0 aromatic carbocycles. The van der Waals surface area contributed by atoms with E-state index in [-0.39, 0.29) is 6.29 Å². The largest absolute Gasteiger partial charge is 0.303 e. The molecule has 0 spiro atoms. The lowest BCUT2D eigenvalue weighted by Crippen LogP contribution is -2.44. The highest BCUT2D eigenvalue weighted by Crippen LogP contribution is 2.05. The van der Waals surface area contributed by atoms with Gasteiger partial charge in [-0.15, -0.1) is 0 Å². The molecule has 1 fully saturated rings. The van der Waals surface area contributed by atoms with Crippen molar-refractivity contribution in [2.45, 2.75) is 13.2 Å². The van der Waals surface area contributed by atoms with Crippen LogP contribution in [0.3, 0.4) is 0 Å². The Kier molecular flexibility index (Phi) is 2.05. The molecule has 1 aliphatic rings. The molecule has 0 radical (unpaired) electrons. The summed E-state index contributed by atoms with van der Waals surface area (Å²) in [5.74, 6) is 0. The fraction of sp³-hybridized carbons (Fsp3) is 1.00. The van der Waals surface area contributed by atoms with E-state index in [0.29, 0.717) is 0 Å². The van der Waals surface area contributed by atoms with Crippen molar-refractivity contribution < 1.29 is 0 Å². The van der Waals surface area contributed by atoms with Gasteiger partial charge in [0.15, 0.2) is 0 Å². The van der Waals surface area contributed by atoms with Crippen LogP contribution < -0.4 is 5.73 Å². The highest BCUT2D eigenvalue weighted by Gasteiger charge is 2.23. The molecule has 1 rings (SSSR count). The summed E-state index contributed by atoms with van der Waals surface area (Å²) in [6.07, 6.45) is 0.162. The Bertz CT molecular complexity index is 94.3. The van der Waals surface area contributed by atoms with E-state index in [2.05, 4.69) is 23.8 Å². The number of nitrogens with zero attached hydrogens (tertiary/aromatic N) is 2. The van der Waals surface area contributed by atoms with Crippen LogP contribution in [0.4, 0.5) is 0 Å². The average molecular weight is 129 g/mol. The lowest BCUT2D eigenvalue weighted by atomic mass is 10.6. The first-order valence-electron chi connectivity index (χ1n) is 3.45. The van der Waals surface area contributed by atoms with E-state index >= 15 is 0 Å². The van der Waals surface area contributed by atoms with Gasteiger partial charge in [-0.05, 0) is 13.6 Å². The minimum atomic E-state index is 0.162. The second kappa shape index (κ2) is 2.64. The molecule has 3 nitrogen and oxygen atoms in total. The first-order chi connectivity index (χ1) is 4.25. The fourth-order valence-electron chi connectivity index (χ4n) is 1.17. The zero-order valence-electron chi connectivity index (χ0n) is 6.17. The smallest absolute Gasteiger partial charge is 0.114 e. The van der Waals surface area contributed by atoms with Crippen molar-refractivity contribution in [1.82, 2.24) is 9.80 Å². The van der Waals surface area contributed by atoms with Gasteiger partial charge in [-0.3, -0.25) is 9.80 Å². The summed E-state index contributed by atoms with van der Waals surface area (Å²) in [7, 11) is 2.06. The molecule has 2 N–H and O–H groups in total. The quantitative estimate of drug-likeness (QED) is 0.518. The van der Waals surface area contributed by atoms with Crippen LogP contribution in [0.5, 0.6) is 0 Å². The lowest BCUT2D eigenvalue weighted by Gasteiger charge is -2.21. The Balaban J connectivity index is 2.41. The highest BCUT2D eigenvalue weighted by atomic mass is 15.5. The SMILES string of the molecule is CCN1CCN(C)C1N. The van der Waals surface area contributed by atoms with Crippen LogP contribution in [0.2, 0.25) is 0 Å². The number of hydrogen-bond donors (Lipinski definition) is 1. The molecular formula is C6H15N3. The molecule has 0 aliphatic carbocycles. The summed E-state index contributed by atoms with van der Waals surface area (Å²) in [6.45, 7) is 5.42. The minimum Gasteiger partial charge on any atom is -0.303 e. The summed E-state index contributed by atoms with van der Waals surface area (Å²) in [5, 5.41) is 0. The molecule has 1 atom stereocenters. The van der Waals surface area contributed by atoms with Crippen LogP contribution >= 0.6 is 0 Å². The maximum absolute atomic E-state index is 5.78. The third-order valence-electron chi connectivity index (χ3n) is 1.97. The molecule has 54 valence electrons. The monoisotopic (exact) mass is 129 g/mol. The van der Waals surface area contributed by atoms with Crippen LogP contribution in [-0.2, 0) is 0 Å². The normalized spacial score (nSPS) is 31.7. The predicted molar refractivity (Wildman–Crippen MR) is 37.9 cm³/mol. The Labute approximate surface area is 56.4 Å². The molecule has 0 saturated carbocycles. The Morgan fingerprint density at radius 2 is 2.22 bits per heavy atom. The van der Waals surface area contributed by atoms with Gasteiger partial charge < -0.3 is 5.73 Å². The van der Waals surface area contributed by atoms with Crippen LogP contribution in [0.1, 0.15) is 6.92 Å². The lowest BCUT2D eigenvalue weighted by molar-refractivity contribution is 0.172. The van der Waals surface area contributed by atoms with E-state index in [0.717, 1.165) is 19.6 Å². The maximum atomic E-state index is 5.78. The van der Waals surface area contributed by atoms with Gasteiger partial charge in [0.2, 0.25) is 0 Å². The van der Waals surface area contributed by atoms with Crippen molar-refractivity contribution >= 4 is 0 Å². The van der Waals surface area contributed by atoms with E-state index < -0.39 is 0 Å². The average Bonchev–Trinajstić information content (AvgIpc) is 2.15. The van der Waals surface area contributed by atoms with Crippen LogP contribution in [-0.4, -0.2) is 42.8 Å². The van der Waals surface area contributed by atoms with Crippen LogP contribution in [0.15, 0.2) is 0 Å². The number of nitrogens with two attached hydrogens (primary N) is 1. The summed E-state index contributed by atoms with van der Waals surface area (Å²) in [4.78, 5) is 4.41. The topological polar surface area (TPSA) is 32.5 Å². The number of likely N-dealkylation sites (N-methyl/N-ethyl adjacent to an activating group) is 2. The van der Waals surface area contributed by atoms with Crippen LogP contribution in [0, 0.1) is 0 Å². The van der Waals surface area contributed by atoms with Gasteiger partial charge >= 0.3 is 0 Å². The molecule has 0 amide bonds. The molecule has 0 aromatic heterocycles. The van der Waals surface area contributed by atoms with E-state index in [1.165, 1.54) is 0 Å². The van der Waals surface area contributed by atoms with Crippen molar-refractivity contribution in [2.24, 2.45) is 5.73 Å². The molecule has 9 heavy (non-hydrogen) atoms. The Morgan fingerprint density at radius 1 is 1.56 bits per heavy atom. The minimum absolute atomic E-state index is 0.162. The van der Waals surface area contributed by atoms with Gasteiger partial charge in [0.25, 0.3) is 0 Å². The van der Waals surface area contributed by atoms with E-state index in [1.807, 2.05) is 0 Å². The molecular weight excluding hydrogens is 114 g/mol. The molecule has 0 bridgehead atoms. The molecule has 0 aromatic rings. The molecule has 1 saturated heterocycles. The van der Waals surface area contributed by atoms with Crippen molar-refractivity contribution in [1.29, 1.82) is 0 Å². The molecule has 3 heteroatoms. The molecule has 1 unspecified atom stereocenters. The van der Waals surface area contributed by atoms with Gasteiger partial charge in [0, 0.05) is 13.1 Å². The van der Waals surface area contributed by atoms with Crippen molar-refractivity contribution in [2.75, 3.05) is 26.7 Å². The Hall–Kier alpha value is -0.120. The van der Waals surface area contributed by atoms with Gasteiger partial charge in [-0.2, -0.15) is 0 Å². The van der Waals surface area contributed by atoms with Crippen LogP contribution in [0.25, 0.3) is 0 Å². The maximum Gasteiger partial charge on any atom is 0.114 e. The number of hydrogen-bond acceptors (Lipinski definition) is 3. The predicted octanol–water partition coefficient (Wildman–Crippen LogP) is -0.504. The zero-order chi connectivity index (χ0) is 6.85. The number of rotatable bonds is 1. The summed E-state index contributed by atoms with van der Waals surface area (Å²) >= 11 is 0. The standard InChI is InChI=1S/C6H15N3/c1-3-9-5-4-8(2)6(9)7/h6H,3-5,7H2,1-2H3. The molecule has 1 aliphatic heterocycles.